The van der Waals surface area contributed by atoms with E-state index in [9.17, 15) is 18.5 Å². The van der Waals surface area contributed by atoms with E-state index < -0.39 is 25.5 Å². The molecule has 0 aliphatic rings. The van der Waals surface area contributed by atoms with Crippen molar-refractivity contribution in [3.05, 3.63) is 27.9 Å². The number of hydrogen-bond acceptors (Lipinski definition) is 5. The van der Waals surface area contributed by atoms with Gasteiger partial charge < -0.3 is 0 Å². The Morgan fingerprint density at radius 3 is 2.62 bits per heavy atom. The minimum absolute atomic E-state index is 0.130. The molecule has 0 aliphatic carbocycles. The van der Waals surface area contributed by atoms with Gasteiger partial charge in [0.1, 0.15) is 0 Å². The minimum atomic E-state index is -3.79. The molecule has 0 fully saturated rings. The normalized spacial score (nSPS) is 11.4. The highest BCUT2D eigenvalue weighted by molar-refractivity contribution is 7.91. The number of sulfone groups is 1. The van der Waals surface area contributed by atoms with Gasteiger partial charge in [-0.1, -0.05) is 0 Å². The van der Waals surface area contributed by atoms with Gasteiger partial charge in [0.2, 0.25) is 14.9 Å². The third-order valence-corrected chi connectivity index (χ3v) is 3.86. The predicted molar refractivity (Wildman–Crippen MR) is 58.4 cm³/mol. The monoisotopic (exact) mass is 264 g/mol. The molecular formula is C8H9ClN2O4S. The first kappa shape index (κ1) is 12.9. The summed E-state index contributed by atoms with van der Waals surface area (Å²) in [5.74, 6) is -0.499. The lowest BCUT2D eigenvalue weighted by Gasteiger charge is -2.03. The number of hydrogen-bond donors (Lipinski definition) is 0. The van der Waals surface area contributed by atoms with E-state index in [1.807, 2.05) is 0 Å². The van der Waals surface area contributed by atoms with Crippen molar-refractivity contribution in [1.29, 1.82) is 0 Å². The molecule has 88 valence electrons. The Morgan fingerprint density at radius 2 is 2.12 bits per heavy atom. The predicted octanol–water partition coefficient (Wildman–Crippen LogP) is 1.31. The summed E-state index contributed by atoms with van der Waals surface area (Å²) >= 11 is 5.33. The van der Waals surface area contributed by atoms with E-state index in [1.165, 1.54) is 6.07 Å². The van der Waals surface area contributed by atoms with E-state index in [-0.39, 0.29) is 11.6 Å². The summed E-state index contributed by atoms with van der Waals surface area (Å²) in [6, 6.07) is 2.52. The van der Waals surface area contributed by atoms with Gasteiger partial charge in [0.25, 0.3) is 0 Å². The van der Waals surface area contributed by atoms with Crippen molar-refractivity contribution in [3.63, 3.8) is 0 Å². The van der Waals surface area contributed by atoms with Crippen LogP contribution in [0.25, 0.3) is 0 Å². The van der Waals surface area contributed by atoms with Crippen LogP contribution < -0.4 is 0 Å². The molecule has 1 aromatic rings. The van der Waals surface area contributed by atoms with E-state index in [1.54, 1.807) is 6.92 Å². The van der Waals surface area contributed by atoms with Crippen LogP contribution in [0.2, 0.25) is 0 Å². The molecule has 0 N–H and O–H groups in total. The zero-order valence-corrected chi connectivity index (χ0v) is 9.95. The first-order valence-corrected chi connectivity index (χ1v) is 6.48. The summed E-state index contributed by atoms with van der Waals surface area (Å²) in [6.45, 7) is 1.56. The Hall–Kier alpha value is -1.21. The third-order valence-electron chi connectivity index (χ3n) is 1.82. The highest BCUT2D eigenvalue weighted by Gasteiger charge is 2.27. The van der Waals surface area contributed by atoms with Crippen LogP contribution in [0.5, 0.6) is 0 Å². The van der Waals surface area contributed by atoms with E-state index in [0.29, 0.717) is 5.69 Å². The molecule has 1 aromatic heterocycles. The van der Waals surface area contributed by atoms with Gasteiger partial charge >= 0.3 is 5.69 Å². The largest absolute Gasteiger partial charge is 0.306 e. The Bertz CT molecular complexity index is 515. The maximum atomic E-state index is 11.7. The van der Waals surface area contributed by atoms with Crippen molar-refractivity contribution >= 4 is 27.1 Å². The van der Waals surface area contributed by atoms with Gasteiger partial charge in [0, 0.05) is 17.6 Å². The van der Waals surface area contributed by atoms with Crippen LogP contribution in [-0.2, 0) is 9.84 Å². The highest BCUT2D eigenvalue weighted by Crippen LogP contribution is 2.22. The zero-order chi connectivity index (χ0) is 12.3. The first-order chi connectivity index (χ1) is 7.38. The second-order valence-corrected chi connectivity index (χ2v) is 5.44. The van der Waals surface area contributed by atoms with Gasteiger partial charge in [0.05, 0.1) is 10.7 Å². The molecule has 16 heavy (non-hydrogen) atoms. The van der Waals surface area contributed by atoms with Crippen molar-refractivity contribution in [2.45, 2.75) is 11.9 Å². The summed E-state index contributed by atoms with van der Waals surface area (Å²) in [4.78, 5) is 13.6. The Morgan fingerprint density at radius 1 is 1.50 bits per heavy atom. The molecular weight excluding hydrogens is 256 g/mol. The minimum Gasteiger partial charge on any atom is -0.258 e. The summed E-state index contributed by atoms with van der Waals surface area (Å²) in [5, 5.41) is 10.1. The van der Waals surface area contributed by atoms with Gasteiger partial charge in [-0.25, -0.2) is 13.4 Å². The van der Waals surface area contributed by atoms with Crippen molar-refractivity contribution in [3.8, 4) is 0 Å². The van der Waals surface area contributed by atoms with Gasteiger partial charge in [-0.3, -0.25) is 10.1 Å². The van der Waals surface area contributed by atoms with E-state index in [0.717, 1.165) is 6.07 Å². The molecule has 0 spiro atoms. The summed E-state index contributed by atoms with van der Waals surface area (Å²) < 4.78 is 23.3. The van der Waals surface area contributed by atoms with Crippen molar-refractivity contribution < 1.29 is 13.3 Å². The van der Waals surface area contributed by atoms with E-state index in [2.05, 4.69) is 4.98 Å². The van der Waals surface area contributed by atoms with Crippen molar-refractivity contribution in [2.75, 3.05) is 11.6 Å². The fraction of sp³-hybridized carbons (Fsp3) is 0.375. The lowest BCUT2D eigenvalue weighted by atomic mass is 10.3. The van der Waals surface area contributed by atoms with Crippen LogP contribution in [0.15, 0.2) is 17.2 Å². The third kappa shape index (κ3) is 2.67. The summed E-state index contributed by atoms with van der Waals surface area (Å²) in [5.41, 5.74) is -0.116. The van der Waals surface area contributed by atoms with Crippen molar-refractivity contribution in [2.24, 2.45) is 0 Å². The topological polar surface area (TPSA) is 90.2 Å². The fourth-order valence-electron chi connectivity index (χ4n) is 1.09. The standard InChI is InChI=1S/C8H9ClN2O4S/c1-6-2-3-7(11(12)13)8(10-6)16(14,15)5-4-9/h2-3H,4-5H2,1H3. The molecule has 0 saturated heterocycles. The SMILES string of the molecule is Cc1ccc([N+](=O)[O-])c(S(=O)(=O)CCCl)n1. The smallest absolute Gasteiger partial charge is 0.258 e. The van der Waals surface area contributed by atoms with Crippen LogP contribution in [0.3, 0.4) is 0 Å². The highest BCUT2D eigenvalue weighted by atomic mass is 35.5. The molecule has 0 saturated carbocycles. The van der Waals surface area contributed by atoms with Crippen LogP contribution in [0.1, 0.15) is 5.69 Å². The zero-order valence-electron chi connectivity index (χ0n) is 8.38. The molecule has 6 nitrogen and oxygen atoms in total. The average molecular weight is 265 g/mol. The number of nitro groups is 1. The second kappa shape index (κ2) is 4.75. The van der Waals surface area contributed by atoms with Gasteiger partial charge in [0.15, 0.2) is 0 Å². The van der Waals surface area contributed by atoms with Crippen LogP contribution in [0.4, 0.5) is 5.69 Å². The molecule has 0 amide bonds. The maximum Gasteiger partial charge on any atom is 0.306 e. The quantitative estimate of drug-likeness (QED) is 0.465. The van der Waals surface area contributed by atoms with Crippen LogP contribution in [-0.4, -0.2) is 30.0 Å². The van der Waals surface area contributed by atoms with Crippen LogP contribution in [0, 0.1) is 17.0 Å². The molecule has 0 radical (unpaired) electrons. The molecule has 1 rings (SSSR count). The van der Waals surface area contributed by atoms with Gasteiger partial charge in [-0.15, -0.1) is 11.6 Å². The number of aryl methyl sites for hydroxylation is 1. The molecule has 0 atom stereocenters. The Kier molecular flexibility index (Phi) is 3.82. The van der Waals surface area contributed by atoms with Crippen molar-refractivity contribution in [1.82, 2.24) is 4.98 Å². The molecule has 1 heterocycles. The van der Waals surface area contributed by atoms with E-state index in [4.69, 9.17) is 11.6 Å². The molecule has 0 bridgehead atoms. The number of nitrogens with zero attached hydrogens (tertiary/aromatic N) is 2. The second-order valence-electron chi connectivity index (χ2n) is 3.04. The summed E-state index contributed by atoms with van der Waals surface area (Å²) in [6.07, 6.45) is 0. The molecule has 8 heteroatoms. The van der Waals surface area contributed by atoms with Crippen LogP contribution >= 0.6 is 11.6 Å². The Labute approximate surface area is 97.3 Å². The average Bonchev–Trinajstić information content (AvgIpc) is 2.17. The number of rotatable bonds is 4. The lowest BCUT2D eigenvalue weighted by molar-refractivity contribution is -0.388. The number of halogens is 1. The molecule has 0 unspecified atom stereocenters. The van der Waals surface area contributed by atoms with E-state index >= 15 is 0 Å². The molecule has 0 aromatic carbocycles. The lowest BCUT2D eigenvalue weighted by Crippen LogP contribution is -2.13. The first-order valence-electron chi connectivity index (χ1n) is 4.29. The fourth-order valence-corrected chi connectivity index (χ4v) is 2.84. The summed E-state index contributed by atoms with van der Waals surface area (Å²) in [7, 11) is -3.79. The maximum absolute atomic E-state index is 11.7. The Balaban J connectivity index is 3.42. The van der Waals surface area contributed by atoms with Gasteiger partial charge in [-0.05, 0) is 13.0 Å². The number of alkyl halides is 1. The molecule has 0 aliphatic heterocycles. The van der Waals surface area contributed by atoms with Gasteiger partial charge in [-0.2, -0.15) is 0 Å². The number of aromatic nitrogens is 1. The number of pyridine rings is 1.